The molecule has 2 aliphatic heterocycles. The van der Waals surface area contributed by atoms with E-state index in [9.17, 15) is 19.2 Å². The number of aromatic nitrogens is 4. The summed E-state index contributed by atoms with van der Waals surface area (Å²) in [6, 6.07) is 11.3. The fraction of sp³-hybridized carbons (Fsp3) is 0.478. The molecule has 4 heterocycles. The normalized spacial score (nSPS) is 22.3. The van der Waals surface area contributed by atoms with Crippen molar-refractivity contribution in [3.05, 3.63) is 82.7 Å². The molecule has 4 N–H and O–H groups in total. The number of methoxy groups -OCH3 is 2. The molecular formula is C46H54N8O6. The summed E-state index contributed by atoms with van der Waals surface area (Å²) in [6.07, 6.45) is 8.04. The molecule has 3 aliphatic carbocycles. The van der Waals surface area contributed by atoms with E-state index in [1.807, 2.05) is 49.9 Å². The molecule has 14 nitrogen and oxygen atoms in total. The molecule has 314 valence electrons. The number of rotatable bonds is 11. The zero-order valence-corrected chi connectivity index (χ0v) is 35.1. The van der Waals surface area contributed by atoms with Crippen LogP contribution in [0.5, 0.6) is 0 Å². The second-order valence-electron chi connectivity index (χ2n) is 17.6. The van der Waals surface area contributed by atoms with E-state index in [2.05, 4.69) is 57.0 Å². The van der Waals surface area contributed by atoms with Gasteiger partial charge in [0.2, 0.25) is 11.8 Å². The third-order valence-electron chi connectivity index (χ3n) is 13.5. The van der Waals surface area contributed by atoms with Gasteiger partial charge in [0, 0.05) is 30.5 Å². The Balaban J connectivity index is 0.954. The van der Waals surface area contributed by atoms with Crippen LogP contribution in [-0.2, 0) is 19.1 Å². The quantitative estimate of drug-likeness (QED) is 0.113. The number of benzene rings is 2. The maximum Gasteiger partial charge on any atom is 0.407 e. The molecule has 2 fully saturated rings. The molecule has 0 saturated carbocycles. The molecule has 0 bridgehead atoms. The summed E-state index contributed by atoms with van der Waals surface area (Å²) in [5.41, 5.74) is 12.5. The monoisotopic (exact) mass is 814 g/mol. The van der Waals surface area contributed by atoms with Crippen molar-refractivity contribution in [3.8, 4) is 33.6 Å². The van der Waals surface area contributed by atoms with Crippen LogP contribution >= 0.6 is 0 Å². The van der Waals surface area contributed by atoms with Gasteiger partial charge in [0.1, 0.15) is 23.7 Å². The van der Waals surface area contributed by atoms with Gasteiger partial charge in [0.25, 0.3) is 0 Å². The third-order valence-corrected chi connectivity index (χ3v) is 13.5. The molecule has 60 heavy (non-hydrogen) atoms. The minimum Gasteiger partial charge on any atom is -0.453 e. The van der Waals surface area contributed by atoms with Crippen molar-refractivity contribution in [2.75, 3.05) is 27.3 Å². The van der Waals surface area contributed by atoms with Gasteiger partial charge in [-0.25, -0.2) is 19.6 Å². The molecule has 2 saturated heterocycles. The summed E-state index contributed by atoms with van der Waals surface area (Å²) in [7, 11) is 2.60. The lowest BCUT2D eigenvalue weighted by Gasteiger charge is -2.41. The van der Waals surface area contributed by atoms with E-state index in [-0.39, 0.29) is 35.7 Å². The van der Waals surface area contributed by atoms with Crippen LogP contribution in [0.1, 0.15) is 113 Å². The Bertz CT molecular complexity index is 2380. The van der Waals surface area contributed by atoms with E-state index in [1.54, 1.807) is 11.1 Å². The Kier molecular flexibility index (Phi) is 10.3. The minimum absolute atomic E-state index is 0.104. The maximum atomic E-state index is 13.8. The van der Waals surface area contributed by atoms with Gasteiger partial charge in [0.05, 0.1) is 50.1 Å². The van der Waals surface area contributed by atoms with Crippen LogP contribution in [0.2, 0.25) is 0 Å². The lowest BCUT2D eigenvalue weighted by Crippen LogP contribution is -2.51. The molecule has 0 spiro atoms. The average molecular weight is 815 g/mol. The van der Waals surface area contributed by atoms with Gasteiger partial charge in [0.15, 0.2) is 0 Å². The molecular weight excluding hydrogens is 761 g/mol. The van der Waals surface area contributed by atoms with E-state index >= 15 is 0 Å². The number of imidazole rings is 2. The van der Waals surface area contributed by atoms with Crippen molar-refractivity contribution in [3.63, 3.8) is 0 Å². The molecule has 4 aromatic rings. The third kappa shape index (κ3) is 6.64. The number of ether oxygens (including phenoxy) is 2. The van der Waals surface area contributed by atoms with E-state index in [0.717, 1.165) is 72.7 Å². The topological polar surface area (TPSA) is 175 Å². The van der Waals surface area contributed by atoms with Crippen molar-refractivity contribution in [1.29, 1.82) is 0 Å². The number of hydrogen-bond donors (Lipinski definition) is 4. The Hall–Kier alpha value is -5.92. The number of amides is 4. The first-order chi connectivity index (χ1) is 29.0. The van der Waals surface area contributed by atoms with Crippen molar-refractivity contribution in [2.24, 2.45) is 11.8 Å². The summed E-state index contributed by atoms with van der Waals surface area (Å²) in [5, 5.41) is 5.46. The van der Waals surface area contributed by atoms with Crippen LogP contribution < -0.4 is 10.6 Å². The van der Waals surface area contributed by atoms with Gasteiger partial charge in [-0.1, -0.05) is 75.2 Å². The summed E-state index contributed by atoms with van der Waals surface area (Å²) in [5.74, 6) is 1.91. The van der Waals surface area contributed by atoms with Crippen molar-refractivity contribution in [1.82, 2.24) is 40.4 Å². The zero-order chi connectivity index (χ0) is 42.0. The average Bonchev–Trinajstić information content (AvgIpc) is 4.09. The second kappa shape index (κ2) is 15.6. The number of H-pyrrole nitrogens is 2. The van der Waals surface area contributed by atoms with Crippen molar-refractivity contribution < 1.29 is 28.7 Å². The lowest BCUT2D eigenvalue weighted by molar-refractivity contribution is -0.136. The Morgan fingerprint density at radius 3 is 1.63 bits per heavy atom. The number of nitrogens with zero attached hydrogens (tertiary/aromatic N) is 4. The number of likely N-dealkylation sites (tertiary alicyclic amines) is 2. The first-order valence-corrected chi connectivity index (χ1v) is 21.4. The summed E-state index contributed by atoms with van der Waals surface area (Å²) in [4.78, 5) is 72.0. The Labute approximate surface area is 349 Å². The minimum atomic E-state index is -0.687. The van der Waals surface area contributed by atoms with Crippen LogP contribution in [0.25, 0.3) is 33.6 Å². The zero-order valence-electron chi connectivity index (χ0n) is 35.1. The number of alkyl carbamates (subject to hydrolysis) is 2. The molecule has 2 aromatic carbocycles. The second-order valence-corrected chi connectivity index (χ2v) is 17.6. The van der Waals surface area contributed by atoms with Gasteiger partial charge in [-0.15, -0.1) is 0 Å². The number of fused-ring (bicyclic) bond motifs is 3. The molecule has 4 amide bonds. The fourth-order valence-corrected chi connectivity index (χ4v) is 10.4. The molecule has 9 rings (SSSR count). The van der Waals surface area contributed by atoms with E-state index in [4.69, 9.17) is 19.4 Å². The van der Waals surface area contributed by atoms with Gasteiger partial charge in [-0.2, -0.15) is 0 Å². The smallest absolute Gasteiger partial charge is 0.407 e. The predicted molar refractivity (Wildman–Crippen MR) is 224 cm³/mol. The van der Waals surface area contributed by atoms with Gasteiger partial charge in [-0.05, 0) is 78.2 Å². The molecule has 6 unspecified atom stereocenters. The highest BCUT2D eigenvalue weighted by atomic mass is 16.5. The van der Waals surface area contributed by atoms with Crippen LogP contribution in [-0.4, -0.2) is 93.1 Å². The number of aromatic amines is 2. The fourth-order valence-electron chi connectivity index (χ4n) is 10.4. The first kappa shape index (κ1) is 39.5. The number of allylic oxidation sites excluding steroid dienone is 2. The predicted octanol–water partition coefficient (Wildman–Crippen LogP) is 7.51. The van der Waals surface area contributed by atoms with E-state index < -0.39 is 24.3 Å². The van der Waals surface area contributed by atoms with Gasteiger partial charge >= 0.3 is 12.2 Å². The van der Waals surface area contributed by atoms with Crippen LogP contribution in [0, 0.1) is 11.8 Å². The highest BCUT2D eigenvalue weighted by molar-refractivity contribution is 5.88. The molecule has 6 atom stereocenters. The number of carbonyl (C=O) groups excluding carboxylic acids is 4. The highest BCUT2D eigenvalue weighted by Crippen LogP contribution is 2.69. The highest BCUT2D eigenvalue weighted by Gasteiger charge is 2.52. The maximum absolute atomic E-state index is 13.8. The van der Waals surface area contributed by atoms with Crippen molar-refractivity contribution >= 4 is 24.0 Å². The number of nitrogens with one attached hydrogen (secondary N) is 4. The molecule has 0 radical (unpaired) electrons. The molecule has 5 aliphatic rings. The van der Waals surface area contributed by atoms with Crippen LogP contribution in [0.15, 0.2) is 59.9 Å². The summed E-state index contributed by atoms with van der Waals surface area (Å²) < 4.78 is 9.60. The summed E-state index contributed by atoms with van der Waals surface area (Å²) >= 11 is 0. The number of carbonyl (C=O) groups is 4. The Morgan fingerprint density at radius 2 is 1.13 bits per heavy atom. The lowest BCUT2D eigenvalue weighted by atomic mass is 9.63. The summed E-state index contributed by atoms with van der Waals surface area (Å²) in [6.45, 7) is 8.87. The standard InChI is InChI=1S/C46H54N8O6/c1-23(2)39(51-45(57)59-5)43(55)53-17-7-9-34(53)41-47-21-32(49-41)26-13-11-25(12-14-26)28-15-16-29(38-31-20-27-19-30(36(27)31)37(28)38)33-22-48-42(50-33)35-10-8-18-54(35)44(56)40(24(3)4)52-46(58)60-6/h11-16,21-24,30-31,34-35,39-40H,7-10,17-20H2,1-6H3,(H,47,49)(H,48,50)(H,51,57)(H,52,58). The molecule has 2 aromatic heterocycles. The van der Waals surface area contributed by atoms with E-state index in [1.165, 1.54) is 36.5 Å². The van der Waals surface area contributed by atoms with Crippen LogP contribution in [0.3, 0.4) is 0 Å². The van der Waals surface area contributed by atoms with Crippen molar-refractivity contribution in [2.45, 2.75) is 102 Å². The van der Waals surface area contributed by atoms with Gasteiger partial charge in [-0.3, -0.25) is 9.59 Å². The SMILES string of the molecule is COC(=O)NC(C(=O)N1CCCC1c1ncc(-c2ccc(-c3ccc(-c4cnc(C5CCCN5C(=O)C(NC(=O)OC)C(C)C)[nH]4)c4c3C3CC5=C3C4C5)cc2)[nH]1)C(C)C. The number of hydrogen-bond acceptors (Lipinski definition) is 8. The molecule has 14 heteroatoms. The van der Waals surface area contributed by atoms with Crippen LogP contribution in [0.4, 0.5) is 9.59 Å². The van der Waals surface area contributed by atoms with Gasteiger partial charge < -0.3 is 39.9 Å². The largest absolute Gasteiger partial charge is 0.453 e. The van der Waals surface area contributed by atoms with E-state index in [0.29, 0.717) is 24.9 Å². The first-order valence-electron chi connectivity index (χ1n) is 21.4. The Morgan fingerprint density at radius 1 is 0.667 bits per heavy atom.